The molecule has 0 bridgehead atoms. The molecule has 0 aliphatic heterocycles. The van der Waals surface area contributed by atoms with Gasteiger partial charge in [-0.1, -0.05) is 47.1 Å². The number of halogens is 1. The Morgan fingerprint density at radius 2 is 1.83 bits per heavy atom. The van der Waals surface area contributed by atoms with Gasteiger partial charge in [0, 0.05) is 17.6 Å². The van der Waals surface area contributed by atoms with E-state index in [-0.39, 0.29) is 18.1 Å². The van der Waals surface area contributed by atoms with Crippen molar-refractivity contribution in [1.29, 1.82) is 0 Å². The second-order valence-electron chi connectivity index (χ2n) is 7.38. The number of carbonyl (C=O) groups is 1. The number of ether oxygens (including phenoxy) is 2. The molecular formula is C22H27ClN2O4. The fourth-order valence-electron chi connectivity index (χ4n) is 2.75. The lowest BCUT2D eigenvalue weighted by molar-refractivity contribution is -0.141. The maximum atomic E-state index is 12.7. The highest BCUT2D eigenvalue weighted by Gasteiger charge is 2.26. The molecule has 6 nitrogen and oxygen atoms in total. The van der Waals surface area contributed by atoms with E-state index in [4.69, 9.17) is 25.9 Å². The number of rotatable bonds is 8. The number of hydrogen-bond acceptors (Lipinski definition) is 5. The Morgan fingerprint density at radius 3 is 2.41 bits per heavy atom. The zero-order valence-corrected chi connectivity index (χ0v) is 18.2. The predicted molar refractivity (Wildman–Crippen MR) is 115 cm³/mol. The summed E-state index contributed by atoms with van der Waals surface area (Å²) in [5.41, 5.74) is 1.37. The van der Waals surface area contributed by atoms with E-state index in [1.165, 1.54) is 20.4 Å². The van der Waals surface area contributed by atoms with Crippen molar-refractivity contribution in [2.45, 2.75) is 32.9 Å². The summed E-state index contributed by atoms with van der Waals surface area (Å²) in [6, 6.07) is 13.2. The molecule has 0 fully saturated rings. The summed E-state index contributed by atoms with van der Waals surface area (Å²) in [7, 11) is 3.04. The smallest absolute Gasteiger partial charge is 0.264 e. The van der Waals surface area contributed by atoms with Gasteiger partial charge in [-0.3, -0.25) is 4.79 Å². The molecule has 29 heavy (non-hydrogen) atoms. The summed E-state index contributed by atoms with van der Waals surface area (Å²) in [6.45, 7) is 6.30. The molecule has 0 saturated heterocycles. The summed E-state index contributed by atoms with van der Waals surface area (Å²) >= 11 is 6.18. The SMILES string of the molecule is COc1cc(/C=N\OCC(=O)N(Cc2ccccc2)C(C)(C)C)cc(Cl)c1OC. The van der Waals surface area contributed by atoms with Crippen LogP contribution in [0.15, 0.2) is 47.6 Å². The third-order valence-corrected chi connectivity index (χ3v) is 4.50. The maximum Gasteiger partial charge on any atom is 0.264 e. The fourth-order valence-corrected chi connectivity index (χ4v) is 3.04. The molecule has 0 saturated carbocycles. The van der Waals surface area contributed by atoms with Crippen molar-refractivity contribution in [3.63, 3.8) is 0 Å². The molecule has 0 unspecified atom stereocenters. The van der Waals surface area contributed by atoms with Crippen LogP contribution in [0.1, 0.15) is 31.9 Å². The monoisotopic (exact) mass is 418 g/mol. The van der Waals surface area contributed by atoms with Crippen molar-refractivity contribution in [2.24, 2.45) is 5.16 Å². The lowest BCUT2D eigenvalue weighted by atomic mass is 10.0. The molecule has 2 aromatic carbocycles. The molecule has 7 heteroatoms. The van der Waals surface area contributed by atoms with Crippen LogP contribution in [0.3, 0.4) is 0 Å². The van der Waals surface area contributed by atoms with Crippen LogP contribution in [0.4, 0.5) is 0 Å². The first kappa shape index (κ1) is 22.6. The summed E-state index contributed by atoms with van der Waals surface area (Å²) in [5.74, 6) is 0.785. The van der Waals surface area contributed by atoms with Crippen molar-refractivity contribution in [1.82, 2.24) is 4.90 Å². The molecule has 0 atom stereocenters. The number of hydrogen-bond donors (Lipinski definition) is 0. The van der Waals surface area contributed by atoms with Gasteiger partial charge in [0.15, 0.2) is 18.1 Å². The molecular weight excluding hydrogens is 392 g/mol. The first-order valence-corrected chi connectivity index (χ1v) is 9.55. The van der Waals surface area contributed by atoms with E-state index >= 15 is 0 Å². The zero-order chi connectivity index (χ0) is 21.4. The minimum atomic E-state index is -0.350. The van der Waals surface area contributed by atoms with Crippen LogP contribution >= 0.6 is 11.6 Å². The molecule has 0 N–H and O–H groups in total. The van der Waals surface area contributed by atoms with Crippen molar-refractivity contribution >= 4 is 23.7 Å². The normalized spacial score (nSPS) is 11.4. The highest BCUT2D eigenvalue weighted by atomic mass is 35.5. The van der Waals surface area contributed by atoms with Gasteiger partial charge in [0.1, 0.15) is 0 Å². The van der Waals surface area contributed by atoms with Gasteiger partial charge in [0.25, 0.3) is 5.91 Å². The van der Waals surface area contributed by atoms with Crippen LogP contribution in [0, 0.1) is 0 Å². The first-order valence-electron chi connectivity index (χ1n) is 9.17. The van der Waals surface area contributed by atoms with Crippen LogP contribution in [0.2, 0.25) is 5.02 Å². The van der Waals surface area contributed by atoms with Gasteiger partial charge in [-0.05, 0) is 38.5 Å². The minimum absolute atomic E-state index is 0.149. The molecule has 0 radical (unpaired) electrons. The molecule has 0 aliphatic rings. The molecule has 2 rings (SSSR count). The van der Waals surface area contributed by atoms with Gasteiger partial charge < -0.3 is 19.2 Å². The largest absolute Gasteiger partial charge is 0.493 e. The second-order valence-corrected chi connectivity index (χ2v) is 7.79. The van der Waals surface area contributed by atoms with Crippen molar-refractivity contribution in [2.75, 3.05) is 20.8 Å². The van der Waals surface area contributed by atoms with Crippen molar-refractivity contribution in [3.8, 4) is 11.5 Å². The van der Waals surface area contributed by atoms with Gasteiger partial charge in [0.05, 0.1) is 25.5 Å². The standard InChI is InChI=1S/C22H27ClN2O4/c1-22(2,3)25(14-16-9-7-6-8-10-16)20(26)15-29-24-13-17-11-18(23)21(28-5)19(12-17)27-4/h6-13H,14-15H2,1-5H3/b24-13-. The Bertz CT molecular complexity index is 848. The summed E-state index contributed by atoms with van der Waals surface area (Å²) < 4.78 is 10.5. The van der Waals surface area contributed by atoms with Gasteiger partial charge in [0.2, 0.25) is 0 Å². The van der Waals surface area contributed by atoms with Gasteiger partial charge in [-0.25, -0.2) is 0 Å². The van der Waals surface area contributed by atoms with Crippen LogP contribution in [0.5, 0.6) is 11.5 Å². The number of oxime groups is 1. The van der Waals surface area contributed by atoms with E-state index in [0.29, 0.717) is 28.6 Å². The van der Waals surface area contributed by atoms with Crippen LogP contribution < -0.4 is 9.47 Å². The van der Waals surface area contributed by atoms with Gasteiger partial charge >= 0.3 is 0 Å². The predicted octanol–water partition coefficient (Wildman–Crippen LogP) is 4.54. The highest BCUT2D eigenvalue weighted by molar-refractivity contribution is 6.32. The summed E-state index contributed by atoms with van der Waals surface area (Å²) in [6.07, 6.45) is 1.47. The Labute approximate surface area is 177 Å². The molecule has 0 heterocycles. The lowest BCUT2D eigenvalue weighted by Gasteiger charge is -2.35. The Balaban J connectivity index is 2.02. The van der Waals surface area contributed by atoms with E-state index in [1.54, 1.807) is 17.0 Å². The number of carbonyl (C=O) groups excluding carboxylic acids is 1. The quantitative estimate of drug-likeness (QED) is 0.466. The number of methoxy groups -OCH3 is 2. The average molecular weight is 419 g/mol. The van der Waals surface area contributed by atoms with Crippen molar-refractivity contribution < 1.29 is 19.1 Å². The lowest BCUT2D eigenvalue weighted by Crippen LogP contribution is -2.46. The molecule has 0 aliphatic carbocycles. The van der Waals surface area contributed by atoms with Crippen LogP contribution in [-0.2, 0) is 16.2 Å². The third kappa shape index (κ3) is 6.39. The first-order chi connectivity index (χ1) is 13.8. The maximum absolute atomic E-state index is 12.7. The highest BCUT2D eigenvalue weighted by Crippen LogP contribution is 2.35. The summed E-state index contributed by atoms with van der Waals surface area (Å²) in [5, 5.41) is 4.29. The van der Waals surface area contributed by atoms with Crippen LogP contribution in [0.25, 0.3) is 0 Å². The van der Waals surface area contributed by atoms with Gasteiger partial charge in [-0.15, -0.1) is 0 Å². The molecule has 2 aromatic rings. The topological polar surface area (TPSA) is 60.4 Å². The van der Waals surface area contributed by atoms with Crippen molar-refractivity contribution in [3.05, 3.63) is 58.6 Å². The zero-order valence-electron chi connectivity index (χ0n) is 17.4. The number of benzene rings is 2. The van der Waals surface area contributed by atoms with E-state index in [2.05, 4.69) is 5.16 Å². The molecule has 0 aromatic heterocycles. The fraction of sp³-hybridized carbons (Fsp3) is 0.364. The number of amides is 1. The molecule has 156 valence electrons. The average Bonchev–Trinajstić information content (AvgIpc) is 2.68. The van der Waals surface area contributed by atoms with E-state index < -0.39 is 0 Å². The Morgan fingerprint density at radius 1 is 1.14 bits per heavy atom. The molecule has 0 spiro atoms. The van der Waals surface area contributed by atoms with E-state index in [0.717, 1.165) is 5.56 Å². The van der Waals surface area contributed by atoms with E-state index in [1.807, 2.05) is 51.1 Å². The Hall–Kier alpha value is -2.73. The van der Waals surface area contributed by atoms with E-state index in [9.17, 15) is 4.79 Å². The third-order valence-electron chi connectivity index (χ3n) is 4.21. The van der Waals surface area contributed by atoms with Gasteiger partial charge in [-0.2, -0.15) is 0 Å². The summed E-state index contributed by atoms with van der Waals surface area (Å²) in [4.78, 5) is 19.7. The van der Waals surface area contributed by atoms with Crippen LogP contribution in [-0.4, -0.2) is 43.4 Å². The number of nitrogens with zero attached hydrogens (tertiary/aromatic N) is 2. The minimum Gasteiger partial charge on any atom is -0.493 e. The molecule has 1 amide bonds. The second kappa shape index (κ2) is 10.2. The Kier molecular flexibility index (Phi) is 7.91.